The van der Waals surface area contributed by atoms with Crippen molar-refractivity contribution in [1.29, 1.82) is 0 Å². The SMILES string of the molecule is Clc1ccnc(COCC2CCCO2)c1. The molecule has 4 heteroatoms. The highest BCUT2D eigenvalue weighted by Crippen LogP contribution is 2.13. The fourth-order valence-electron chi connectivity index (χ4n) is 1.60. The quantitative estimate of drug-likeness (QED) is 0.792. The molecule has 1 aliphatic heterocycles. The average Bonchev–Trinajstić information content (AvgIpc) is 2.71. The molecule has 3 nitrogen and oxygen atoms in total. The normalized spacial score (nSPS) is 20.7. The molecule has 0 N–H and O–H groups in total. The zero-order valence-electron chi connectivity index (χ0n) is 8.49. The van der Waals surface area contributed by atoms with E-state index in [1.54, 1.807) is 12.3 Å². The molecule has 0 bridgehead atoms. The Balaban J connectivity index is 1.73. The van der Waals surface area contributed by atoms with Crippen LogP contribution >= 0.6 is 11.6 Å². The minimum absolute atomic E-state index is 0.268. The second kappa shape index (κ2) is 5.45. The highest BCUT2D eigenvalue weighted by atomic mass is 35.5. The van der Waals surface area contributed by atoms with E-state index in [-0.39, 0.29) is 6.10 Å². The van der Waals surface area contributed by atoms with Crippen LogP contribution in [-0.2, 0) is 16.1 Å². The van der Waals surface area contributed by atoms with E-state index < -0.39 is 0 Å². The summed E-state index contributed by atoms with van der Waals surface area (Å²) in [5, 5.41) is 0.695. The third kappa shape index (κ3) is 3.45. The maximum absolute atomic E-state index is 5.83. The summed E-state index contributed by atoms with van der Waals surface area (Å²) in [6.07, 6.45) is 4.20. The summed E-state index contributed by atoms with van der Waals surface area (Å²) < 4.78 is 11.0. The molecule has 1 aromatic rings. The molecule has 0 saturated carbocycles. The van der Waals surface area contributed by atoms with Gasteiger partial charge in [0.15, 0.2) is 0 Å². The fourth-order valence-corrected chi connectivity index (χ4v) is 1.78. The Bertz CT molecular complexity index is 313. The molecule has 2 rings (SSSR count). The smallest absolute Gasteiger partial charge is 0.0889 e. The van der Waals surface area contributed by atoms with Crippen LogP contribution in [0.15, 0.2) is 18.3 Å². The molecule has 82 valence electrons. The Morgan fingerprint density at radius 1 is 1.60 bits per heavy atom. The number of pyridine rings is 1. The first kappa shape index (κ1) is 10.9. The molecule has 1 saturated heterocycles. The second-order valence-corrected chi connectivity index (χ2v) is 4.05. The molecule has 0 aromatic carbocycles. The van der Waals surface area contributed by atoms with Crippen molar-refractivity contribution in [3.63, 3.8) is 0 Å². The molecule has 2 heterocycles. The van der Waals surface area contributed by atoms with Crippen LogP contribution < -0.4 is 0 Å². The lowest BCUT2D eigenvalue weighted by Crippen LogP contribution is -2.14. The molecule has 1 atom stereocenters. The molecule has 0 aliphatic carbocycles. The zero-order chi connectivity index (χ0) is 10.5. The molecular formula is C11H14ClNO2. The van der Waals surface area contributed by atoms with Crippen LogP contribution in [0, 0.1) is 0 Å². The summed E-state index contributed by atoms with van der Waals surface area (Å²) in [5.74, 6) is 0. The van der Waals surface area contributed by atoms with Crippen LogP contribution in [0.2, 0.25) is 5.02 Å². The van der Waals surface area contributed by atoms with Crippen molar-refractivity contribution in [2.24, 2.45) is 0 Å². The van der Waals surface area contributed by atoms with Crippen molar-refractivity contribution in [2.75, 3.05) is 13.2 Å². The first-order valence-electron chi connectivity index (χ1n) is 5.14. The predicted molar refractivity (Wildman–Crippen MR) is 57.9 cm³/mol. The summed E-state index contributed by atoms with van der Waals surface area (Å²) in [6, 6.07) is 3.57. The van der Waals surface area contributed by atoms with Gasteiger partial charge in [0.1, 0.15) is 0 Å². The van der Waals surface area contributed by atoms with E-state index in [0.717, 1.165) is 25.1 Å². The Morgan fingerprint density at radius 3 is 3.27 bits per heavy atom. The van der Waals surface area contributed by atoms with Crippen molar-refractivity contribution in [3.8, 4) is 0 Å². The van der Waals surface area contributed by atoms with E-state index in [0.29, 0.717) is 18.2 Å². The third-order valence-corrected chi connectivity index (χ3v) is 2.59. The number of hydrogen-bond donors (Lipinski definition) is 0. The highest BCUT2D eigenvalue weighted by molar-refractivity contribution is 6.30. The predicted octanol–water partition coefficient (Wildman–Crippen LogP) is 2.43. The Morgan fingerprint density at radius 2 is 2.53 bits per heavy atom. The number of rotatable bonds is 4. The summed E-state index contributed by atoms with van der Waals surface area (Å²) in [7, 11) is 0. The molecular weight excluding hydrogens is 214 g/mol. The Hall–Kier alpha value is -0.640. The van der Waals surface area contributed by atoms with Gasteiger partial charge in [-0.2, -0.15) is 0 Å². The van der Waals surface area contributed by atoms with Gasteiger partial charge in [0.2, 0.25) is 0 Å². The van der Waals surface area contributed by atoms with Crippen LogP contribution in [-0.4, -0.2) is 24.3 Å². The van der Waals surface area contributed by atoms with Crippen molar-refractivity contribution >= 4 is 11.6 Å². The van der Waals surface area contributed by atoms with Crippen LogP contribution in [0.4, 0.5) is 0 Å². The van der Waals surface area contributed by atoms with Gasteiger partial charge < -0.3 is 9.47 Å². The molecule has 0 radical (unpaired) electrons. The van der Waals surface area contributed by atoms with E-state index >= 15 is 0 Å². The van der Waals surface area contributed by atoms with Gasteiger partial charge in [-0.15, -0.1) is 0 Å². The van der Waals surface area contributed by atoms with E-state index in [2.05, 4.69) is 4.98 Å². The van der Waals surface area contributed by atoms with Gasteiger partial charge in [0, 0.05) is 17.8 Å². The van der Waals surface area contributed by atoms with Gasteiger partial charge in [-0.05, 0) is 25.0 Å². The van der Waals surface area contributed by atoms with Gasteiger partial charge in [-0.3, -0.25) is 4.98 Å². The number of ether oxygens (including phenoxy) is 2. The topological polar surface area (TPSA) is 31.4 Å². The fraction of sp³-hybridized carbons (Fsp3) is 0.545. The third-order valence-electron chi connectivity index (χ3n) is 2.36. The lowest BCUT2D eigenvalue weighted by atomic mass is 10.2. The van der Waals surface area contributed by atoms with Crippen LogP contribution in [0.1, 0.15) is 18.5 Å². The summed E-state index contributed by atoms with van der Waals surface area (Å²) >= 11 is 5.83. The maximum atomic E-state index is 5.83. The molecule has 1 aromatic heterocycles. The van der Waals surface area contributed by atoms with E-state index in [9.17, 15) is 0 Å². The van der Waals surface area contributed by atoms with Crippen molar-refractivity contribution in [1.82, 2.24) is 4.98 Å². The molecule has 1 aliphatic rings. The number of aromatic nitrogens is 1. The van der Waals surface area contributed by atoms with Gasteiger partial charge >= 0.3 is 0 Å². The minimum Gasteiger partial charge on any atom is -0.376 e. The van der Waals surface area contributed by atoms with Gasteiger partial charge in [0.25, 0.3) is 0 Å². The van der Waals surface area contributed by atoms with Crippen molar-refractivity contribution in [2.45, 2.75) is 25.6 Å². The van der Waals surface area contributed by atoms with Crippen LogP contribution in [0.3, 0.4) is 0 Å². The largest absolute Gasteiger partial charge is 0.376 e. The lowest BCUT2D eigenvalue weighted by molar-refractivity contribution is 0.00965. The first-order chi connectivity index (χ1) is 7.34. The molecule has 0 spiro atoms. The van der Waals surface area contributed by atoms with Gasteiger partial charge in [-0.1, -0.05) is 11.6 Å². The Kier molecular flexibility index (Phi) is 3.94. The van der Waals surface area contributed by atoms with Crippen LogP contribution in [0.5, 0.6) is 0 Å². The van der Waals surface area contributed by atoms with E-state index in [1.165, 1.54) is 0 Å². The number of hydrogen-bond acceptors (Lipinski definition) is 3. The summed E-state index contributed by atoms with van der Waals surface area (Å²) in [5.41, 5.74) is 0.862. The standard InChI is InChI=1S/C11H14ClNO2/c12-9-3-4-13-10(6-9)7-14-8-11-2-1-5-15-11/h3-4,6,11H,1-2,5,7-8H2. The zero-order valence-corrected chi connectivity index (χ0v) is 9.24. The van der Waals surface area contributed by atoms with Crippen molar-refractivity contribution < 1.29 is 9.47 Å². The monoisotopic (exact) mass is 227 g/mol. The van der Waals surface area contributed by atoms with E-state index in [4.69, 9.17) is 21.1 Å². The molecule has 0 amide bonds. The van der Waals surface area contributed by atoms with Gasteiger partial charge in [-0.25, -0.2) is 0 Å². The first-order valence-corrected chi connectivity index (χ1v) is 5.52. The number of halogens is 1. The molecule has 15 heavy (non-hydrogen) atoms. The lowest BCUT2D eigenvalue weighted by Gasteiger charge is -2.09. The average molecular weight is 228 g/mol. The maximum Gasteiger partial charge on any atom is 0.0889 e. The second-order valence-electron chi connectivity index (χ2n) is 3.62. The molecule has 1 unspecified atom stereocenters. The number of nitrogens with zero attached hydrogens (tertiary/aromatic N) is 1. The van der Waals surface area contributed by atoms with Crippen LogP contribution in [0.25, 0.3) is 0 Å². The Labute approximate surface area is 94.4 Å². The summed E-state index contributed by atoms with van der Waals surface area (Å²) in [6.45, 7) is 2.01. The highest BCUT2D eigenvalue weighted by Gasteiger charge is 2.15. The van der Waals surface area contributed by atoms with Crippen molar-refractivity contribution in [3.05, 3.63) is 29.0 Å². The molecule has 1 fully saturated rings. The van der Waals surface area contributed by atoms with Gasteiger partial charge in [0.05, 0.1) is 25.0 Å². The van der Waals surface area contributed by atoms with E-state index in [1.807, 2.05) is 6.07 Å². The minimum atomic E-state index is 0.268. The summed E-state index contributed by atoms with van der Waals surface area (Å²) in [4.78, 5) is 4.15.